The summed E-state index contributed by atoms with van der Waals surface area (Å²) in [5.74, 6) is -1.55. The van der Waals surface area contributed by atoms with Crippen LogP contribution in [0.2, 0.25) is 0 Å². The zero-order valence-corrected chi connectivity index (χ0v) is 12.4. The van der Waals surface area contributed by atoms with Crippen LogP contribution in [-0.2, 0) is 22.8 Å². The third-order valence-corrected chi connectivity index (χ3v) is 3.90. The third kappa shape index (κ3) is 3.63. The van der Waals surface area contributed by atoms with Crippen LogP contribution in [0.25, 0.3) is 0 Å². The molecule has 0 unspecified atom stereocenters. The van der Waals surface area contributed by atoms with E-state index in [0.29, 0.717) is 26.1 Å². The number of carbonyl (C=O) groups excluding carboxylic acids is 2. The number of rotatable bonds is 4. The monoisotopic (exact) mass is 334 g/mol. The molecule has 128 valence electrons. The summed E-state index contributed by atoms with van der Waals surface area (Å²) >= 11 is 0. The minimum atomic E-state index is -4.74. The van der Waals surface area contributed by atoms with Crippen molar-refractivity contribution in [3.63, 3.8) is 0 Å². The van der Waals surface area contributed by atoms with Crippen molar-refractivity contribution < 1.29 is 27.5 Å². The van der Waals surface area contributed by atoms with Gasteiger partial charge in [0.1, 0.15) is 0 Å². The second-order valence-corrected chi connectivity index (χ2v) is 5.50. The topological polar surface area (TPSA) is 99.2 Å². The van der Waals surface area contributed by atoms with Crippen LogP contribution in [0, 0.1) is 5.41 Å². The Balaban J connectivity index is 2.15. The molecule has 2 amide bonds. The van der Waals surface area contributed by atoms with Gasteiger partial charge in [-0.1, -0.05) is 0 Å². The van der Waals surface area contributed by atoms with E-state index in [1.54, 1.807) is 0 Å². The molecule has 0 saturated carbocycles. The van der Waals surface area contributed by atoms with Crippen LogP contribution < -0.4 is 11.1 Å². The van der Waals surface area contributed by atoms with Gasteiger partial charge in [0.2, 0.25) is 5.91 Å². The second-order valence-electron chi connectivity index (χ2n) is 5.50. The van der Waals surface area contributed by atoms with Gasteiger partial charge in [-0.2, -0.15) is 18.3 Å². The Kier molecular flexibility index (Phi) is 4.64. The summed E-state index contributed by atoms with van der Waals surface area (Å²) in [7, 11) is 1.29. The molecular formula is C13H17F3N4O3. The molecule has 1 fully saturated rings. The molecule has 1 saturated heterocycles. The molecule has 23 heavy (non-hydrogen) atoms. The number of aromatic nitrogens is 2. The molecule has 7 nitrogen and oxygen atoms in total. The van der Waals surface area contributed by atoms with Crippen molar-refractivity contribution in [2.24, 2.45) is 18.2 Å². The van der Waals surface area contributed by atoms with Gasteiger partial charge in [-0.05, 0) is 12.8 Å². The number of primary amides is 1. The summed E-state index contributed by atoms with van der Waals surface area (Å²) in [5.41, 5.74) is 2.53. The average molecular weight is 334 g/mol. The average Bonchev–Trinajstić information content (AvgIpc) is 2.88. The molecule has 10 heteroatoms. The molecule has 0 spiro atoms. The van der Waals surface area contributed by atoms with Crippen LogP contribution in [0.4, 0.5) is 13.2 Å². The molecule has 3 N–H and O–H groups in total. The van der Waals surface area contributed by atoms with Gasteiger partial charge >= 0.3 is 6.18 Å². The van der Waals surface area contributed by atoms with Crippen molar-refractivity contribution in [1.82, 2.24) is 15.1 Å². The van der Waals surface area contributed by atoms with Crippen LogP contribution >= 0.6 is 0 Å². The molecule has 1 aliphatic rings. The number of hydrogen-bond acceptors (Lipinski definition) is 4. The fourth-order valence-corrected chi connectivity index (χ4v) is 2.48. The maximum Gasteiger partial charge on any atom is 0.435 e. The molecule has 0 aliphatic carbocycles. The van der Waals surface area contributed by atoms with E-state index >= 15 is 0 Å². The Morgan fingerprint density at radius 1 is 1.43 bits per heavy atom. The molecule has 0 atom stereocenters. The van der Waals surface area contributed by atoms with Crippen molar-refractivity contribution in [1.29, 1.82) is 0 Å². The number of ether oxygens (including phenoxy) is 1. The molecule has 0 aromatic carbocycles. The summed E-state index contributed by atoms with van der Waals surface area (Å²) in [4.78, 5) is 23.8. The minimum Gasteiger partial charge on any atom is -0.381 e. The number of aryl methyl sites for hydroxylation is 1. The zero-order valence-electron chi connectivity index (χ0n) is 12.4. The minimum absolute atomic E-state index is 0.142. The highest BCUT2D eigenvalue weighted by Gasteiger charge is 2.41. The highest BCUT2D eigenvalue weighted by molar-refractivity contribution is 5.95. The van der Waals surface area contributed by atoms with Crippen LogP contribution in [0.1, 0.15) is 28.9 Å². The van der Waals surface area contributed by atoms with E-state index in [1.807, 2.05) is 0 Å². The van der Waals surface area contributed by atoms with E-state index in [-0.39, 0.29) is 6.54 Å². The highest BCUT2D eigenvalue weighted by atomic mass is 19.4. The van der Waals surface area contributed by atoms with E-state index in [9.17, 15) is 22.8 Å². The number of nitrogens with zero attached hydrogens (tertiary/aromatic N) is 2. The summed E-state index contributed by atoms with van der Waals surface area (Å²) in [6.07, 6.45) is -3.14. The lowest BCUT2D eigenvalue weighted by atomic mass is 9.79. The lowest BCUT2D eigenvalue weighted by molar-refractivity contribution is -0.141. The lowest BCUT2D eigenvalue weighted by Crippen LogP contribution is -2.49. The molecule has 1 aliphatic heterocycles. The number of hydrogen-bond donors (Lipinski definition) is 2. The molecular weight excluding hydrogens is 317 g/mol. The van der Waals surface area contributed by atoms with Crippen LogP contribution in [0.5, 0.6) is 0 Å². The van der Waals surface area contributed by atoms with E-state index in [1.165, 1.54) is 7.05 Å². The molecule has 0 bridgehead atoms. The first kappa shape index (κ1) is 17.3. The SMILES string of the molecule is Cn1cc(C(=O)NCC2(C(N)=O)CCOCC2)c(C(F)(F)F)n1. The van der Waals surface area contributed by atoms with E-state index in [2.05, 4.69) is 10.4 Å². The van der Waals surface area contributed by atoms with Gasteiger partial charge < -0.3 is 15.8 Å². The van der Waals surface area contributed by atoms with Gasteiger partial charge in [0.25, 0.3) is 5.91 Å². The molecule has 0 radical (unpaired) electrons. The maximum atomic E-state index is 12.9. The van der Waals surface area contributed by atoms with Gasteiger partial charge in [-0.3, -0.25) is 14.3 Å². The quantitative estimate of drug-likeness (QED) is 0.835. The van der Waals surface area contributed by atoms with Crippen molar-refractivity contribution >= 4 is 11.8 Å². The fourth-order valence-electron chi connectivity index (χ4n) is 2.48. The van der Waals surface area contributed by atoms with E-state index in [4.69, 9.17) is 10.5 Å². The molecule has 2 rings (SSSR count). The number of halogens is 3. The smallest absolute Gasteiger partial charge is 0.381 e. The normalized spacial score (nSPS) is 17.7. The maximum absolute atomic E-state index is 12.9. The lowest BCUT2D eigenvalue weighted by Gasteiger charge is -2.34. The highest BCUT2D eigenvalue weighted by Crippen LogP contribution is 2.32. The number of nitrogens with two attached hydrogens (primary N) is 1. The Morgan fingerprint density at radius 3 is 2.57 bits per heavy atom. The summed E-state index contributed by atoms with van der Waals surface area (Å²) in [6, 6.07) is 0. The Bertz CT molecular complexity index is 606. The molecule has 1 aromatic heterocycles. The number of carbonyl (C=O) groups is 2. The van der Waals surface area contributed by atoms with E-state index < -0.39 is 34.7 Å². The summed E-state index contributed by atoms with van der Waals surface area (Å²) in [6.45, 7) is 0.468. The predicted molar refractivity (Wildman–Crippen MR) is 72.2 cm³/mol. The van der Waals surface area contributed by atoms with Crippen molar-refractivity contribution in [3.8, 4) is 0 Å². The third-order valence-electron chi connectivity index (χ3n) is 3.90. The summed E-state index contributed by atoms with van der Waals surface area (Å²) < 4.78 is 44.7. The standard InChI is InChI=1S/C13H17F3N4O3/c1-20-6-8(9(19-20)13(14,15)16)10(21)18-7-12(11(17)22)2-4-23-5-3-12/h6H,2-5,7H2,1H3,(H2,17,22)(H,18,21). The number of alkyl halides is 3. The zero-order chi connectivity index (χ0) is 17.3. The Hall–Kier alpha value is -2.10. The summed E-state index contributed by atoms with van der Waals surface area (Å²) in [5, 5.41) is 5.64. The fraction of sp³-hybridized carbons (Fsp3) is 0.615. The second kappa shape index (κ2) is 6.19. The first-order valence-electron chi connectivity index (χ1n) is 6.92. The predicted octanol–water partition coefficient (Wildman–Crippen LogP) is 0.451. The molecule has 1 aromatic rings. The number of amides is 2. The Labute approximate surface area is 130 Å². The van der Waals surface area contributed by atoms with Gasteiger partial charge in [-0.25, -0.2) is 0 Å². The first-order valence-corrected chi connectivity index (χ1v) is 6.92. The van der Waals surface area contributed by atoms with Gasteiger partial charge in [0.05, 0.1) is 11.0 Å². The van der Waals surface area contributed by atoms with Crippen LogP contribution in [0.3, 0.4) is 0 Å². The van der Waals surface area contributed by atoms with Crippen molar-refractivity contribution in [2.45, 2.75) is 19.0 Å². The van der Waals surface area contributed by atoms with Gasteiger partial charge in [0, 0.05) is 33.0 Å². The van der Waals surface area contributed by atoms with E-state index in [0.717, 1.165) is 10.9 Å². The van der Waals surface area contributed by atoms with Crippen molar-refractivity contribution in [2.75, 3.05) is 19.8 Å². The van der Waals surface area contributed by atoms with Gasteiger partial charge in [-0.15, -0.1) is 0 Å². The van der Waals surface area contributed by atoms with Gasteiger partial charge in [0.15, 0.2) is 5.69 Å². The van der Waals surface area contributed by atoms with Crippen molar-refractivity contribution in [3.05, 3.63) is 17.5 Å². The Morgan fingerprint density at radius 2 is 2.04 bits per heavy atom. The van der Waals surface area contributed by atoms with Crippen LogP contribution in [-0.4, -0.2) is 41.4 Å². The largest absolute Gasteiger partial charge is 0.435 e. The number of nitrogens with one attached hydrogen (secondary N) is 1. The molecule has 2 heterocycles. The first-order chi connectivity index (χ1) is 10.7. The van der Waals surface area contributed by atoms with Crippen LogP contribution in [0.15, 0.2) is 6.20 Å².